The van der Waals surface area contributed by atoms with Gasteiger partial charge in [0.2, 0.25) is 0 Å². The first-order chi connectivity index (χ1) is 9.97. The molecule has 1 aromatic carbocycles. The highest BCUT2D eigenvalue weighted by atomic mass is 79.9. The number of hydrogen-bond donors (Lipinski definition) is 2. The van der Waals surface area contributed by atoms with Crippen molar-refractivity contribution in [3.05, 3.63) is 28.2 Å². The molecule has 21 heavy (non-hydrogen) atoms. The van der Waals surface area contributed by atoms with Crippen molar-refractivity contribution in [2.24, 2.45) is 11.8 Å². The average molecular weight is 355 g/mol. The predicted octanol–water partition coefficient (Wildman–Crippen LogP) is 3.40. The van der Waals surface area contributed by atoms with Crippen LogP contribution in [0.4, 0.5) is 5.69 Å². The van der Waals surface area contributed by atoms with Gasteiger partial charge in [0.25, 0.3) is 0 Å². The second-order valence-corrected chi connectivity index (χ2v) is 7.49. The fraction of sp³-hybridized carbons (Fsp3) is 0.647. The molecule has 0 radical (unpaired) electrons. The maximum absolute atomic E-state index is 9.91. The molecule has 2 atom stereocenters. The van der Waals surface area contributed by atoms with E-state index in [0.717, 1.165) is 37.1 Å². The van der Waals surface area contributed by atoms with Gasteiger partial charge < -0.3 is 15.3 Å². The molecule has 0 amide bonds. The van der Waals surface area contributed by atoms with Crippen LogP contribution in [0.2, 0.25) is 0 Å². The van der Waals surface area contributed by atoms with E-state index >= 15 is 0 Å². The Labute approximate surface area is 136 Å². The molecule has 0 spiro atoms. The zero-order valence-corrected chi connectivity index (χ0v) is 14.9. The second kappa shape index (κ2) is 7.61. The number of nitrogens with zero attached hydrogens (tertiary/aromatic N) is 1. The Balaban J connectivity index is 2.11. The molecule has 1 saturated heterocycles. The van der Waals surface area contributed by atoms with Crippen molar-refractivity contribution in [1.29, 1.82) is 0 Å². The highest BCUT2D eigenvalue weighted by Crippen LogP contribution is 2.29. The first-order valence-electron chi connectivity index (χ1n) is 7.89. The minimum Gasteiger partial charge on any atom is -0.393 e. The van der Waals surface area contributed by atoms with Gasteiger partial charge in [-0.3, -0.25) is 0 Å². The van der Waals surface area contributed by atoms with Crippen LogP contribution in [0.25, 0.3) is 0 Å². The van der Waals surface area contributed by atoms with Crippen molar-refractivity contribution in [1.82, 2.24) is 5.32 Å². The number of anilines is 1. The highest BCUT2D eigenvalue weighted by Gasteiger charge is 2.25. The summed E-state index contributed by atoms with van der Waals surface area (Å²) >= 11 is 3.58. The molecule has 1 aromatic rings. The van der Waals surface area contributed by atoms with Crippen LogP contribution in [-0.4, -0.2) is 30.8 Å². The molecule has 1 heterocycles. The zero-order valence-electron chi connectivity index (χ0n) is 13.3. The molecule has 0 saturated carbocycles. The number of nitrogens with one attached hydrogen (secondary N) is 1. The molecule has 118 valence electrons. The van der Waals surface area contributed by atoms with Crippen molar-refractivity contribution in [2.45, 2.75) is 39.8 Å². The van der Waals surface area contributed by atoms with E-state index in [-0.39, 0.29) is 6.10 Å². The number of halogens is 1. The third-order valence-electron chi connectivity index (χ3n) is 4.11. The molecular formula is C17H27BrN2O. The van der Waals surface area contributed by atoms with Gasteiger partial charge in [-0.15, -0.1) is 0 Å². The Hall–Kier alpha value is -0.580. The van der Waals surface area contributed by atoms with E-state index in [1.165, 1.54) is 11.3 Å². The topological polar surface area (TPSA) is 35.5 Å². The molecule has 3 nitrogen and oxygen atoms in total. The number of aliphatic hydroxyl groups is 1. The lowest BCUT2D eigenvalue weighted by Crippen LogP contribution is -2.42. The fourth-order valence-electron chi connectivity index (χ4n) is 2.85. The molecule has 0 bridgehead atoms. The van der Waals surface area contributed by atoms with Crippen molar-refractivity contribution in [2.75, 3.05) is 24.5 Å². The summed E-state index contributed by atoms with van der Waals surface area (Å²) in [5.41, 5.74) is 2.63. The van der Waals surface area contributed by atoms with Crippen LogP contribution in [0.15, 0.2) is 22.7 Å². The standard InChI is InChI=1S/C17H27BrN2O/c1-12(2)9-19-10-14-8-15(18)4-5-16(14)20-7-6-17(21)13(3)11-20/h4-5,8,12-13,17,19,21H,6-7,9-11H2,1-3H3. The monoisotopic (exact) mass is 354 g/mol. The van der Waals surface area contributed by atoms with E-state index in [2.05, 4.69) is 65.1 Å². The summed E-state index contributed by atoms with van der Waals surface area (Å²) in [6.07, 6.45) is 0.704. The van der Waals surface area contributed by atoms with Gasteiger partial charge in [-0.1, -0.05) is 36.7 Å². The summed E-state index contributed by atoms with van der Waals surface area (Å²) in [5.74, 6) is 0.990. The molecule has 1 aliphatic heterocycles. The first-order valence-corrected chi connectivity index (χ1v) is 8.69. The number of benzene rings is 1. The van der Waals surface area contributed by atoms with Gasteiger partial charge in [0.15, 0.2) is 0 Å². The molecule has 1 fully saturated rings. The molecule has 1 aliphatic rings. The van der Waals surface area contributed by atoms with Crippen LogP contribution in [0.3, 0.4) is 0 Å². The van der Waals surface area contributed by atoms with E-state index in [4.69, 9.17) is 0 Å². The fourth-order valence-corrected chi connectivity index (χ4v) is 3.26. The lowest BCUT2D eigenvalue weighted by molar-refractivity contribution is 0.0970. The number of aliphatic hydroxyl groups excluding tert-OH is 1. The highest BCUT2D eigenvalue weighted by molar-refractivity contribution is 9.10. The van der Waals surface area contributed by atoms with Crippen LogP contribution in [0, 0.1) is 11.8 Å². The molecular weight excluding hydrogens is 328 g/mol. The van der Waals surface area contributed by atoms with Gasteiger partial charge in [0.1, 0.15) is 0 Å². The Kier molecular flexibility index (Phi) is 6.08. The lowest BCUT2D eigenvalue weighted by Gasteiger charge is -2.37. The Morgan fingerprint density at radius 3 is 2.86 bits per heavy atom. The summed E-state index contributed by atoms with van der Waals surface area (Å²) in [4.78, 5) is 2.41. The number of hydrogen-bond acceptors (Lipinski definition) is 3. The molecule has 0 aliphatic carbocycles. The lowest BCUT2D eigenvalue weighted by atomic mass is 9.95. The minimum absolute atomic E-state index is 0.154. The predicted molar refractivity (Wildman–Crippen MR) is 92.7 cm³/mol. The largest absolute Gasteiger partial charge is 0.393 e. The van der Waals surface area contributed by atoms with Gasteiger partial charge >= 0.3 is 0 Å². The van der Waals surface area contributed by atoms with Gasteiger partial charge in [-0.25, -0.2) is 0 Å². The number of piperidine rings is 1. The van der Waals surface area contributed by atoms with Gasteiger partial charge in [-0.05, 0) is 48.6 Å². The van der Waals surface area contributed by atoms with Crippen LogP contribution < -0.4 is 10.2 Å². The first kappa shape index (κ1) is 16.8. The smallest absolute Gasteiger partial charge is 0.0599 e. The van der Waals surface area contributed by atoms with Crippen LogP contribution in [0.5, 0.6) is 0 Å². The molecule has 2 unspecified atom stereocenters. The third-order valence-corrected chi connectivity index (χ3v) is 4.60. The van der Waals surface area contributed by atoms with E-state index in [9.17, 15) is 5.11 Å². The van der Waals surface area contributed by atoms with Crippen molar-refractivity contribution < 1.29 is 5.11 Å². The molecule has 2 N–H and O–H groups in total. The summed E-state index contributed by atoms with van der Waals surface area (Å²) in [6.45, 7) is 10.4. The summed E-state index contributed by atoms with van der Waals surface area (Å²) in [5, 5.41) is 13.4. The minimum atomic E-state index is -0.154. The summed E-state index contributed by atoms with van der Waals surface area (Å²) in [6, 6.07) is 6.51. The van der Waals surface area contributed by atoms with E-state index in [1.54, 1.807) is 0 Å². The van der Waals surface area contributed by atoms with E-state index in [0.29, 0.717) is 11.8 Å². The van der Waals surface area contributed by atoms with Crippen LogP contribution in [0.1, 0.15) is 32.8 Å². The zero-order chi connectivity index (χ0) is 15.4. The Morgan fingerprint density at radius 1 is 1.43 bits per heavy atom. The van der Waals surface area contributed by atoms with Crippen LogP contribution in [-0.2, 0) is 6.54 Å². The van der Waals surface area contributed by atoms with E-state index in [1.807, 2.05) is 0 Å². The number of rotatable bonds is 5. The van der Waals surface area contributed by atoms with Crippen molar-refractivity contribution in [3.8, 4) is 0 Å². The van der Waals surface area contributed by atoms with Gasteiger partial charge in [0, 0.05) is 29.8 Å². The SMILES string of the molecule is CC(C)CNCc1cc(Br)ccc1N1CCC(O)C(C)C1. The summed E-state index contributed by atoms with van der Waals surface area (Å²) in [7, 11) is 0. The van der Waals surface area contributed by atoms with Crippen LogP contribution >= 0.6 is 15.9 Å². The second-order valence-electron chi connectivity index (χ2n) is 6.58. The van der Waals surface area contributed by atoms with Crippen molar-refractivity contribution in [3.63, 3.8) is 0 Å². The average Bonchev–Trinajstić information content (AvgIpc) is 2.42. The third kappa shape index (κ3) is 4.70. The van der Waals surface area contributed by atoms with Gasteiger partial charge in [0.05, 0.1) is 6.10 Å². The normalized spacial score (nSPS) is 22.9. The Bertz CT molecular complexity index is 464. The van der Waals surface area contributed by atoms with E-state index < -0.39 is 0 Å². The maximum atomic E-state index is 9.91. The maximum Gasteiger partial charge on any atom is 0.0599 e. The molecule has 4 heteroatoms. The molecule has 2 rings (SSSR count). The van der Waals surface area contributed by atoms with Crippen molar-refractivity contribution >= 4 is 21.6 Å². The quantitative estimate of drug-likeness (QED) is 0.850. The van der Waals surface area contributed by atoms with Gasteiger partial charge in [-0.2, -0.15) is 0 Å². The molecule has 0 aromatic heterocycles. The summed E-state index contributed by atoms with van der Waals surface area (Å²) < 4.78 is 1.12. The Morgan fingerprint density at radius 2 is 2.19 bits per heavy atom.